The Hall–Kier alpha value is -5.50. The first-order valence-electron chi connectivity index (χ1n) is 14.3. The van der Waals surface area contributed by atoms with Gasteiger partial charge in [0.1, 0.15) is 11.6 Å². The van der Waals surface area contributed by atoms with Crippen LogP contribution in [0, 0.1) is 5.82 Å². The lowest BCUT2D eigenvalue weighted by atomic mass is 10.1. The molecule has 10 nitrogen and oxygen atoms in total. The fourth-order valence-corrected chi connectivity index (χ4v) is 4.39. The van der Waals surface area contributed by atoms with Crippen LogP contribution in [0.1, 0.15) is 40.1 Å². The van der Waals surface area contributed by atoms with E-state index in [1.165, 1.54) is 28.8 Å². The second-order valence-electron chi connectivity index (χ2n) is 11.3. The van der Waals surface area contributed by atoms with Gasteiger partial charge in [-0.05, 0) is 79.6 Å². The molecular weight excluding hydrogens is 620 g/mol. The zero-order chi connectivity index (χ0) is 33.8. The number of aliphatic hydroxyl groups excluding tert-OH is 1. The summed E-state index contributed by atoms with van der Waals surface area (Å²) >= 11 is 0. The van der Waals surface area contributed by atoms with Crippen LogP contribution in [0.25, 0.3) is 16.8 Å². The molecule has 0 spiro atoms. The summed E-state index contributed by atoms with van der Waals surface area (Å²) in [5.74, 6) is -1.44. The number of benzene rings is 3. The van der Waals surface area contributed by atoms with Crippen LogP contribution in [0.15, 0.2) is 85.1 Å². The number of halogens is 4. The Bertz CT molecular complexity index is 1890. The quantitative estimate of drug-likeness (QED) is 0.136. The first kappa shape index (κ1) is 32.9. The maximum absolute atomic E-state index is 13.1. The van der Waals surface area contributed by atoms with E-state index in [1.807, 2.05) is 0 Å². The molecule has 0 saturated carbocycles. The first-order chi connectivity index (χ1) is 22.3. The normalized spacial score (nSPS) is 11.7. The summed E-state index contributed by atoms with van der Waals surface area (Å²) in [5.41, 5.74) is 2.34. The van der Waals surface area contributed by atoms with Gasteiger partial charge in [-0.15, -0.1) is 5.10 Å². The van der Waals surface area contributed by atoms with Gasteiger partial charge in [0.05, 0.1) is 17.8 Å². The number of ether oxygens (including phenoxy) is 1. The highest BCUT2D eigenvalue weighted by Crippen LogP contribution is 2.31. The molecule has 5 aromatic rings. The van der Waals surface area contributed by atoms with Gasteiger partial charge in [-0.2, -0.15) is 18.2 Å². The molecule has 0 unspecified atom stereocenters. The third-order valence-electron chi connectivity index (χ3n) is 6.91. The summed E-state index contributed by atoms with van der Waals surface area (Å²) in [4.78, 5) is 29.6. The topological polar surface area (TPSA) is 130 Å². The number of hydrogen-bond acceptors (Lipinski definition) is 7. The predicted octanol–water partition coefficient (Wildman–Crippen LogP) is 5.65. The number of aromatic nitrogens is 3. The van der Waals surface area contributed by atoms with Crippen molar-refractivity contribution in [1.82, 2.24) is 25.2 Å². The molecule has 0 aliphatic carbocycles. The molecule has 0 bridgehead atoms. The van der Waals surface area contributed by atoms with E-state index >= 15 is 0 Å². The zero-order valence-electron chi connectivity index (χ0n) is 25.2. The van der Waals surface area contributed by atoms with Crippen LogP contribution in [0.3, 0.4) is 0 Å². The fraction of sp³-hybridized carbons (Fsp3) is 0.212. The van der Waals surface area contributed by atoms with E-state index in [-0.39, 0.29) is 47.8 Å². The van der Waals surface area contributed by atoms with Crippen LogP contribution < -0.4 is 20.7 Å². The molecule has 4 N–H and O–H groups in total. The van der Waals surface area contributed by atoms with E-state index < -0.39 is 24.2 Å². The van der Waals surface area contributed by atoms with Crippen LogP contribution >= 0.6 is 0 Å². The van der Waals surface area contributed by atoms with Crippen molar-refractivity contribution in [1.29, 1.82) is 0 Å². The predicted molar refractivity (Wildman–Crippen MR) is 166 cm³/mol. The number of amides is 2. The van der Waals surface area contributed by atoms with Gasteiger partial charge in [0.25, 0.3) is 11.8 Å². The van der Waals surface area contributed by atoms with Crippen LogP contribution in [-0.2, 0) is 6.54 Å². The Morgan fingerprint density at radius 2 is 1.57 bits per heavy atom. The minimum Gasteiger partial charge on any atom is -0.482 e. The minimum absolute atomic E-state index is 0.0261. The molecule has 2 aromatic heterocycles. The Morgan fingerprint density at radius 1 is 0.894 bits per heavy atom. The first-order valence-corrected chi connectivity index (χ1v) is 14.3. The molecular formula is C33H30F4N6O4. The largest absolute Gasteiger partial charge is 0.482 e. The number of pyridine rings is 1. The third-order valence-corrected chi connectivity index (χ3v) is 6.91. The third kappa shape index (κ3) is 8.61. The Kier molecular flexibility index (Phi) is 9.42. The molecule has 47 heavy (non-hydrogen) atoms. The molecule has 3 aromatic carbocycles. The van der Waals surface area contributed by atoms with E-state index in [2.05, 4.69) is 26.0 Å². The molecule has 0 atom stereocenters. The van der Waals surface area contributed by atoms with E-state index in [1.54, 1.807) is 68.6 Å². The summed E-state index contributed by atoms with van der Waals surface area (Å²) in [6.07, 6.45) is -2.92. The number of carbonyl (C=O) groups is 2. The van der Waals surface area contributed by atoms with Gasteiger partial charge in [-0.25, -0.2) is 8.91 Å². The highest BCUT2D eigenvalue weighted by molar-refractivity contribution is 5.96. The van der Waals surface area contributed by atoms with Gasteiger partial charge in [0, 0.05) is 29.4 Å². The number of fused-ring (bicyclic) bond motifs is 1. The SMILES string of the molecule is CC(C)(CO)NC(=O)c1ccc(Nc2nc3ccc(-c4ccc(C(=O)NCc5ccc(F)cc5)cc4)cn3n2)c(OCC(F)(F)F)c1. The standard InChI is InChI=1S/C33H30F4N6O4/c1-32(2,18-44)41-30(46)23-9-13-26(27(15-23)47-19-33(35,36)37)39-31-40-28-14-10-24(17-43(28)42-31)21-5-7-22(8-6-21)29(45)38-16-20-3-11-25(34)12-4-20/h3-15,17,44H,16,18-19H2,1-2H3,(H,38,45)(H,39,42)(H,41,46). The number of nitrogens with one attached hydrogen (secondary N) is 3. The number of aliphatic hydroxyl groups is 1. The van der Waals surface area contributed by atoms with Crippen molar-refractivity contribution in [3.8, 4) is 16.9 Å². The highest BCUT2D eigenvalue weighted by Gasteiger charge is 2.29. The average Bonchev–Trinajstić information content (AvgIpc) is 3.45. The molecule has 0 radical (unpaired) electrons. The number of nitrogens with zero attached hydrogens (tertiary/aromatic N) is 3. The Balaban J connectivity index is 1.31. The van der Waals surface area contributed by atoms with Crippen LogP contribution in [-0.4, -0.2) is 56.4 Å². The summed E-state index contributed by atoms with van der Waals surface area (Å²) in [7, 11) is 0. The smallest absolute Gasteiger partial charge is 0.422 e. The summed E-state index contributed by atoms with van der Waals surface area (Å²) in [6, 6.07) is 20.2. The van der Waals surface area contributed by atoms with Gasteiger partial charge in [-0.3, -0.25) is 9.59 Å². The van der Waals surface area contributed by atoms with Gasteiger partial charge < -0.3 is 25.8 Å². The van der Waals surface area contributed by atoms with E-state index in [4.69, 9.17) is 4.74 Å². The Morgan fingerprint density at radius 3 is 2.26 bits per heavy atom. The van der Waals surface area contributed by atoms with E-state index in [0.717, 1.165) is 22.8 Å². The molecule has 0 fully saturated rings. The summed E-state index contributed by atoms with van der Waals surface area (Å²) < 4.78 is 58.6. The Labute approximate surface area is 266 Å². The van der Waals surface area contributed by atoms with Crippen molar-refractivity contribution >= 4 is 29.1 Å². The molecule has 0 aliphatic rings. The zero-order valence-corrected chi connectivity index (χ0v) is 25.2. The van der Waals surface area contributed by atoms with Crippen LogP contribution in [0.5, 0.6) is 5.75 Å². The molecule has 2 heterocycles. The number of alkyl halides is 3. The molecule has 5 rings (SSSR count). The van der Waals surface area contributed by atoms with Gasteiger partial charge in [-0.1, -0.05) is 24.3 Å². The lowest BCUT2D eigenvalue weighted by Crippen LogP contribution is -2.46. The number of carbonyl (C=O) groups excluding carboxylic acids is 2. The van der Waals surface area contributed by atoms with Gasteiger partial charge in [0.2, 0.25) is 5.95 Å². The van der Waals surface area contributed by atoms with Gasteiger partial charge >= 0.3 is 6.18 Å². The van der Waals surface area contributed by atoms with Gasteiger partial charge in [0.15, 0.2) is 12.3 Å². The van der Waals surface area contributed by atoms with E-state index in [9.17, 15) is 32.3 Å². The molecule has 244 valence electrons. The lowest BCUT2D eigenvalue weighted by molar-refractivity contribution is -0.153. The fourth-order valence-electron chi connectivity index (χ4n) is 4.39. The number of anilines is 2. The van der Waals surface area contributed by atoms with Crippen LogP contribution in [0.2, 0.25) is 0 Å². The summed E-state index contributed by atoms with van der Waals surface area (Å²) in [6.45, 7) is 1.50. The second-order valence-corrected chi connectivity index (χ2v) is 11.3. The number of hydrogen-bond donors (Lipinski definition) is 4. The van der Waals surface area contributed by atoms with Crippen molar-refractivity contribution in [3.63, 3.8) is 0 Å². The van der Waals surface area contributed by atoms with Crippen LogP contribution in [0.4, 0.5) is 29.2 Å². The highest BCUT2D eigenvalue weighted by atomic mass is 19.4. The van der Waals surface area contributed by atoms with Crippen molar-refractivity contribution in [2.45, 2.75) is 32.1 Å². The second kappa shape index (κ2) is 13.5. The van der Waals surface area contributed by atoms with Crippen molar-refractivity contribution in [2.24, 2.45) is 0 Å². The van der Waals surface area contributed by atoms with Crippen molar-refractivity contribution < 1.29 is 37.0 Å². The van der Waals surface area contributed by atoms with Crippen molar-refractivity contribution in [3.05, 3.63) is 108 Å². The minimum atomic E-state index is -4.63. The lowest BCUT2D eigenvalue weighted by Gasteiger charge is -2.23. The number of rotatable bonds is 11. The summed E-state index contributed by atoms with van der Waals surface area (Å²) in [5, 5.41) is 22.1. The molecule has 0 aliphatic heterocycles. The molecule has 0 saturated heterocycles. The maximum Gasteiger partial charge on any atom is 0.422 e. The van der Waals surface area contributed by atoms with E-state index in [0.29, 0.717) is 11.2 Å². The molecule has 2 amide bonds. The maximum atomic E-state index is 13.1. The average molecular weight is 651 g/mol. The molecule has 14 heteroatoms. The van der Waals surface area contributed by atoms with Crippen molar-refractivity contribution in [2.75, 3.05) is 18.5 Å². The monoisotopic (exact) mass is 650 g/mol.